The fourth-order valence-corrected chi connectivity index (χ4v) is 7.04. The van der Waals surface area contributed by atoms with Gasteiger partial charge in [-0.15, -0.1) is 11.3 Å². The van der Waals surface area contributed by atoms with Gasteiger partial charge < -0.3 is 15.2 Å². The molecular weight excluding hydrogens is 469 g/mol. The van der Waals surface area contributed by atoms with Crippen LogP contribution >= 0.6 is 11.3 Å². The highest BCUT2D eigenvalue weighted by Gasteiger charge is 2.48. The first-order valence-corrected chi connectivity index (χ1v) is 12.5. The number of aromatic nitrogens is 2. The highest BCUT2D eigenvalue weighted by atomic mass is 32.1. The molecule has 5 rings (SSSR count). The van der Waals surface area contributed by atoms with Gasteiger partial charge in [0, 0.05) is 53.8 Å². The van der Waals surface area contributed by atoms with Gasteiger partial charge in [0.2, 0.25) is 5.91 Å². The summed E-state index contributed by atoms with van der Waals surface area (Å²) in [5, 5.41) is 17.1. The van der Waals surface area contributed by atoms with Crippen LogP contribution in [0.5, 0.6) is 0 Å². The maximum absolute atomic E-state index is 13.6. The summed E-state index contributed by atoms with van der Waals surface area (Å²) in [5.41, 5.74) is 0.991. The lowest BCUT2D eigenvalue weighted by Gasteiger charge is -2.47. The molecule has 1 amide bonds. The van der Waals surface area contributed by atoms with Crippen molar-refractivity contribution < 1.29 is 27.8 Å². The molecule has 2 fully saturated rings. The second kappa shape index (κ2) is 8.92. The van der Waals surface area contributed by atoms with Crippen molar-refractivity contribution >= 4 is 17.2 Å². The largest absolute Gasteiger partial charge is 0.425 e. The van der Waals surface area contributed by atoms with Gasteiger partial charge in [0.25, 0.3) is 0 Å². The molecule has 0 unspecified atom stereocenters. The van der Waals surface area contributed by atoms with E-state index in [9.17, 15) is 23.1 Å². The molecule has 5 heterocycles. The van der Waals surface area contributed by atoms with Crippen LogP contribution in [0.3, 0.4) is 0 Å². The Hall–Kier alpha value is -1.95. The fourth-order valence-electron chi connectivity index (χ4n) is 5.63. The van der Waals surface area contributed by atoms with Gasteiger partial charge in [-0.1, -0.05) is 0 Å². The molecular formula is C23H29F3N4O3S. The Morgan fingerprint density at radius 2 is 2.21 bits per heavy atom. The number of carbonyl (C=O) groups excluding carboxylic acids is 1. The Balaban J connectivity index is 1.29. The number of halogens is 3. The van der Waals surface area contributed by atoms with Crippen LogP contribution in [0.2, 0.25) is 0 Å². The molecule has 0 radical (unpaired) electrons. The van der Waals surface area contributed by atoms with Crippen LogP contribution in [-0.2, 0) is 47.4 Å². The molecule has 34 heavy (non-hydrogen) atoms. The van der Waals surface area contributed by atoms with Crippen LogP contribution in [0.15, 0.2) is 12.4 Å². The number of fused-ring (bicyclic) bond motifs is 2. The van der Waals surface area contributed by atoms with Gasteiger partial charge in [-0.25, -0.2) is 0 Å². The normalized spacial score (nSPS) is 27.9. The lowest BCUT2D eigenvalue weighted by molar-refractivity contribution is -0.135. The summed E-state index contributed by atoms with van der Waals surface area (Å²) in [7, 11) is 0. The van der Waals surface area contributed by atoms with Crippen LogP contribution < -0.4 is 5.32 Å². The summed E-state index contributed by atoms with van der Waals surface area (Å²) in [6.07, 6.45) is 2.35. The van der Waals surface area contributed by atoms with E-state index in [1.165, 1.54) is 0 Å². The van der Waals surface area contributed by atoms with Gasteiger partial charge in [0.1, 0.15) is 10.5 Å². The Bertz CT molecular complexity index is 1070. The number of piperidine rings is 1. The average Bonchev–Trinajstić information content (AvgIpc) is 3.49. The van der Waals surface area contributed by atoms with Crippen molar-refractivity contribution in [2.24, 2.45) is 0 Å². The summed E-state index contributed by atoms with van der Waals surface area (Å²) < 4.78 is 48.9. The number of nitrogens with zero attached hydrogens (tertiary/aromatic N) is 3. The minimum atomic E-state index is -4.48. The molecule has 2 aromatic rings. The van der Waals surface area contributed by atoms with Crippen molar-refractivity contribution in [1.29, 1.82) is 0 Å². The number of hydrogen-bond donors (Lipinski definition) is 2. The zero-order chi connectivity index (χ0) is 24.1. The molecule has 2 N–H and O–H groups in total. The molecule has 0 aliphatic carbocycles. The molecule has 186 valence electrons. The Labute approximate surface area is 199 Å². The zero-order valence-corrected chi connectivity index (χ0v) is 19.8. The third-order valence-corrected chi connectivity index (χ3v) is 8.80. The van der Waals surface area contributed by atoms with Crippen LogP contribution in [0.4, 0.5) is 13.2 Å². The van der Waals surface area contributed by atoms with Gasteiger partial charge in [-0.05, 0) is 38.2 Å². The maximum Gasteiger partial charge on any atom is 0.425 e. The van der Waals surface area contributed by atoms with Gasteiger partial charge in [-0.3, -0.25) is 14.4 Å². The number of ether oxygens (including phenoxy) is 1. The molecule has 2 aromatic heterocycles. The lowest BCUT2D eigenvalue weighted by Crippen LogP contribution is -2.50. The highest BCUT2D eigenvalue weighted by molar-refractivity contribution is 7.12. The molecule has 1 spiro atoms. The number of carbonyl (C=O) groups is 1. The number of aliphatic hydroxyl groups excluding tert-OH is 1. The fraction of sp³-hybridized carbons (Fsp3) is 0.652. The molecule has 11 heteroatoms. The monoisotopic (exact) mass is 498 g/mol. The molecule has 2 saturated heterocycles. The summed E-state index contributed by atoms with van der Waals surface area (Å²) in [4.78, 5) is 13.7. The first kappa shape index (κ1) is 23.8. The summed E-state index contributed by atoms with van der Waals surface area (Å²) >= 11 is 0.753. The number of thiophene rings is 1. The lowest BCUT2D eigenvalue weighted by atomic mass is 9.81. The Morgan fingerprint density at radius 3 is 2.88 bits per heavy atom. The van der Waals surface area contributed by atoms with E-state index in [1.54, 1.807) is 0 Å². The first-order valence-electron chi connectivity index (χ1n) is 11.7. The number of amides is 1. The molecule has 3 atom stereocenters. The van der Waals surface area contributed by atoms with Gasteiger partial charge >= 0.3 is 6.18 Å². The maximum atomic E-state index is 13.6. The van der Waals surface area contributed by atoms with E-state index in [0.29, 0.717) is 62.4 Å². The first-order chi connectivity index (χ1) is 16.2. The molecule has 0 bridgehead atoms. The number of aliphatic hydroxyl groups is 1. The van der Waals surface area contributed by atoms with Gasteiger partial charge in [0.15, 0.2) is 0 Å². The van der Waals surface area contributed by atoms with Crippen molar-refractivity contribution in [3.63, 3.8) is 0 Å². The predicted octanol–water partition coefficient (Wildman–Crippen LogP) is 3.19. The predicted molar refractivity (Wildman–Crippen MR) is 119 cm³/mol. The van der Waals surface area contributed by atoms with Crippen molar-refractivity contribution in [3.8, 4) is 0 Å². The van der Waals surface area contributed by atoms with E-state index < -0.39 is 23.3 Å². The third-order valence-electron chi connectivity index (χ3n) is 7.29. The topological polar surface area (TPSA) is 79.6 Å². The minimum Gasteiger partial charge on any atom is -0.392 e. The molecule has 3 aliphatic heterocycles. The summed E-state index contributed by atoms with van der Waals surface area (Å²) in [6, 6.07) is 0.217. The van der Waals surface area contributed by atoms with Crippen molar-refractivity contribution in [3.05, 3.63) is 38.8 Å². The number of alkyl halides is 3. The van der Waals surface area contributed by atoms with Crippen LogP contribution in [0.1, 0.15) is 59.1 Å². The Kier molecular flexibility index (Phi) is 6.24. The standard InChI is InChI=1S/C23H29F3N4O3S/c1-14-8-22(20-17(4-7-33-22)18(13-31)21(34-20)23(24,25)26)5-6-29(14)10-15-9-27-30(11-15)12-16-2-3-19(32)28-16/h9,11,14,16,31H,2-8,10,12-13H2,1H3,(H,28,32)/t14-,16-,22+/m0/s1. The molecule has 7 nitrogen and oxygen atoms in total. The second-order valence-corrected chi connectivity index (χ2v) is 10.6. The van der Waals surface area contributed by atoms with Crippen molar-refractivity contribution in [2.75, 3.05) is 13.2 Å². The number of nitrogens with one attached hydrogen (secondary N) is 1. The van der Waals surface area contributed by atoms with E-state index >= 15 is 0 Å². The molecule has 0 aromatic carbocycles. The van der Waals surface area contributed by atoms with Crippen molar-refractivity contribution in [2.45, 2.75) is 82.6 Å². The summed E-state index contributed by atoms with van der Waals surface area (Å²) in [6.45, 7) is 3.88. The van der Waals surface area contributed by atoms with E-state index in [4.69, 9.17) is 4.74 Å². The van der Waals surface area contributed by atoms with Gasteiger partial charge in [0.05, 0.1) is 26.0 Å². The Morgan fingerprint density at radius 1 is 1.38 bits per heavy atom. The summed E-state index contributed by atoms with van der Waals surface area (Å²) in [5.74, 6) is 0.0840. The van der Waals surface area contributed by atoms with Gasteiger partial charge in [-0.2, -0.15) is 18.3 Å². The van der Waals surface area contributed by atoms with Crippen LogP contribution in [0.25, 0.3) is 0 Å². The number of rotatable bonds is 5. The van der Waals surface area contributed by atoms with E-state index in [1.807, 2.05) is 17.1 Å². The minimum absolute atomic E-state index is 0.0242. The van der Waals surface area contributed by atoms with Crippen molar-refractivity contribution in [1.82, 2.24) is 20.0 Å². The molecule has 3 aliphatic rings. The van der Waals surface area contributed by atoms with Crippen LogP contribution in [0, 0.1) is 0 Å². The van der Waals surface area contributed by atoms with Crippen LogP contribution in [-0.4, -0.2) is 50.9 Å². The molecule has 0 saturated carbocycles. The number of hydrogen-bond acceptors (Lipinski definition) is 6. The van der Waals surface area contributed by atoms with E-state index in [-0.39, 0.29) is 23.6 Å². The second-order valence-electron chi connectivity index (χ2n) is 9.61. The quantitative estimate of drug-likeness (QED) is 0.662. The smallest absolute Gasteiger partial charge is 0.392 e. The third kappa shape index (κ3) is 4.38. The SMILES string of the molecule is C[C@H]1C[C@@]2(CCN1Cc1cnn(C[C@@H]3CCC(=O)N3)c1)OCCc1c2sc(C(F)(F)F)c1CO. The highest BCUT2D eigenvalue weighted by Crippen LogP contribution is 2.51. The van der Waals surface area contributed by atoms with E-state index in [2.05, 4.69) is 22.2 Å². The zero-order valence-electron chi connectivity index (χ0n) is 19.0. The average molecular weight is 499 g/mol. The van der Waals surface area contributed by atoms with E-state index in [0.717, 1.165) is 23.3 Å². The number of likely N-dealkylation sites (tertiary alicyclic amines) is 1.